The first kappa shape index (κ1) is 21.5. The predicted octanol–water partition coefficient (Wildman–Crippen LogP) is 3.84. The Morgan fingerprint density at radius 1 is 0.833 bits per heavy atom. The van der Waals surface area contributed by atoms with Crippen molar-refractivity contribution in [1.82, 2.24) is 0 Å². The molecule has 0 spiro atoms. The maximum Gasteiger partial charge on any atom is 0.363 e. The quantitative estimate of drug-likeness (QED) is 0.442. The highest BCUT2D eigenvalue weighted by molar-refractivity contribution is 9.10. The van der Waals surface area contributed by atoms with Crippen LogP contribution in [0.3, 0.4) is 0 Å². The first-order chi connectivity index (χ1) is 14.4. The zero-order valence-corrected chi connectivity index (χ0v) is 18.7. The number of nitrogens with zero attached hydrogens (tertiary/aromatic N) is 1. The third kappa shape index (κ3) is 4.06. The van der Waals surface area contributed by atoms with Gasteiger partial charge in [-0.25, -0.2) is 9.79 Å². The largest absolute Gasteiger partial charge is 0.493 e. The fraction of sp³-hybridized carbons (Fsp3) is 0.238. The van der Waals surface area contributed by atoms with Gasteiger partial charge in [-0.2, -0.15) is 0 Å². The van der Waals surface area contributed by atoms with Gasteiger partial charge in [0.05, 0.1) is 35.5 Å². The molecule has 0 N–H and O–H groups in total. The lowest BCUT2D eigenvalue weighted by Gasteiger charge is -2.13. The number of ether oxygens (including phenoxy) is 6. The number of methoxy groups -OCH3 is 5. The zero-order valence-electron chi connectivity index (χ0n) is 17.1. The van der Waals surface area contributed by atoms with Crippen LogP contribution >= 0.6 is 15.9 Å². The highest BCUT2D eigenvalue weighted by Crippen LogP contribution is 2.39. The van der Waals surface area contributed by atoms with Crippen molar-refractivity contribution < 1.29 is 33.2 Å². The van der Waals surface area contributed by atoms with Gasteiger partial charge in [-0.1, -0.05) is 15.9 Å². The molecule has 9 heteroatoms. The van der Waals surface area contributed by atoms with Crippen molar-refractivity contribution in [2.75, 3.05) is 35.5 Å². The van der Waals surface area contributed by atoms with Gasteiger partial charge in [0.25, 0.3) is 0 Å². The number of carbonyl (C=O) groups excluding carboxylic acids is 1. The van der Waals surface area contributed by atoms with E-state index in [0.717, 1.165) is 0 Å². The summed E-state index contributed by atoms with van der Waals surface area (Å²) in [5.74, 6) is 1.90. The Kier molecular flexibility index (Phi) is 6.51. The number of carbonyl (C=O) groups is 1. The minimum atomic E-state index is -0.583. The molecule has 0 amide bonds. The second-order valence-corrected chi connectivity index (χ2v) is 6.83. The number of benzene rings is 2. The van der Waals surface area contributed by atoms with Crippen LogP contribution in [-0.4, -0.2) is 47.4 Å². The minimum Gasteiger partial charge on any atom is -0.493 e. The summed E-state index contributed by atoms with van der Waals surface area (Å²) in [5.41, 5.74) is 1.31. The first-order valence-corrected chi connectivity index (χ1v) is 9.49. The van der Waals surface area contributed by atoms with E-state index in [1.165, 1.54) is 28.4 Å². The summed E-state index contributed by atoms with van der Waals surface area (Å²) < 4.78 is 32.7. The monoisotopic (exact) mass is 477 g/mol. The van der Waals surface area contributed by atoms with Crippen molar-refractivity contribution in [3.8, 4) is 28.7 Å². The van der Waals surface area contributed by atoms with Crippen molar-refractivity contribution in [1.29, 1.82) is 0 Å². The third-order valence-corrected chi connectivity index (χ3v) is 5.01. The van der Waals surface area contributed by atoms with Crippen LogP contribution < -0.4 is 23.7 Å². The summed E-state index contributed by atoms with van der Waals surface area (Å²) in [6.07, 6.45) is 1.60. The maximum atomic E-state index is 12.4. The molecule has 0 saturated carbocycles. The van der Waals surface area contributed by atoms with Crippen LogP contribution in [-0.2, 0) is 9.53 Å². The average Bonchev–Trinajstić information content (AvgIpc) is 3.13. The lowest BCUT2D eigenvalue weighted by molar-refractivity contribution is -0.129. The molecule has 2 aromatic rings. The molecule has 2 aromatic carbocycles. The standard InChI is InChI=1S/C21H20BrNO7/c1-25-15-7-11(13(22)10-16(15)26-2)6-14-21(24)30-20(23-14)12-8-17(27-3)19(29-5)18(9-12)28-4/h6-10H,1-5H3. The van der Waals surface area contributed by atoms with Crippen molar-refractivity contribution in [2.24, 2.45) is 4.99 Å². The predicted molar refractivity (Wildman–Crippen MR) is 114 cm³/mol. The SMILES string of the molecule is COc1cc(Br)c(C=C2N=C(c3cc(OC)c(OC)c(OC)c3)OC2=O)cc1OC. The van der Waals surface area contributed by atoms with Gasteiger partial charge in [0.15, 0.2) is 28.7 Å². The van der Waals surface area contributed by atoms with E-state index in [4.69, 9.17) is 28.4 Å². The molecule has 0 radical (unpaired) electrons. The molecule has 0 unspecified atom stereocenters. The highest BCUT2D eigenvalue weighted by Gasteiger charge is 2.27. The van der Waals surface area contributed by atoms with Gasteiger partial charge >= 0.3 is 5.97 Å². The van der Waals surface area contributed by atoms with E-state index in [0.29, 0.717) is 44.3 Å². The molecule has 0 aliphatic carbocycles. The van der Waals surface area contributed by atoms with Gasteiger partial charge in [0.1, 0.15) is 0 Å². The van der Waals surface area contributed by atoms with E-state index in [1.807, 2.05) is 0 Å². The van der Waals surface area contributed by atoms with Crippen molar-refractivity contribution in [3.63, 3.8) is 0 Å². The molecule has 0 fully saturated rings. The molecule has 0 saturated heterocycles. The van der Waals surface area contributed by atoms with E-state index >= 15 is 0 Å². The number of halogens is 1. The van der Waals surface area contributed by atoms with E-state index in [9.17, 15) is 4.79 Å². The van der Waals surface area contributed by atoms with Gasteiger partial charge < -0.3 is 28.4 Å². The molecular formula is C21H20BrNO7. The molecule has 3 rings (SSSR count). The van der Waals surface area contributed by atoms with Crippen LogP contribution in [0.25, 0.3) is 6.08 Å². The van der Waals surface area contributed by atoms with Crippen molar-refractivity contribution >= 4 is 33.9 Å². The number of hydrogen-bond donors (Lipinski definition) is 0. The van der Waals surface area contributed by atoms with Crippen LogP contribution in [0.4, 0.5) is 0 Å². The number of aliphatic imine (C=N–C) groups is 1. The molecule has 1 aliphatic rings. The molecule has 30 heavy (non-hydrogen) atoms. The van der Waals surface area contributed by atoms with Crippen LogP contribution in [0, 0.1) is 0 Å². The number of esters is 1. The average molecular weight is 478 g/mol. The Balaban J connectivity index is 2.04. The summed E-state index contributed by atoms with van der Waals surface area (Å²) in [6, 6.07) is 6.79. The van der Waals surface area contributed by atoms with Gasteiger partial charge in [0.2, 0.25) is 11.6 Å². The third-order valence-electron chi connectivity index (χ3n) is 4.33. The molecule has 8 nitrogen and oxygen atoms in total. The highest BCUT2D eigenvalue weighted by atomic mass is 79.9. The summed E-state index contributed by atoms with van der Waals surface area (Å²) in [5, 5.41) is 0. The van der Waals surface area contributed by atoms with Crippen LogP contribution in [0.5, 0.6) is 28.7 Å². The summed E-state index contributed by atoms with van der Waals surface area (Å²) in [6.45, 7) is 0. The molecule has 0 bridgehead atoms. The summed E-state index contributed by atoms with van der Waals surface area (Å²) in [4.78, 5) is 16.8. The smallest absolute Gasteiger partial charge is 0.363 e. The van der Waals surface area contributed by atoms with E-state index in [2.05, 4.69) is 20.9 Å². The lowest BCUT2D eigenvalue weighted by atomic mass is 10.1. The van der Waals surface area contributed by atoms with Gasteiger partial charge in [-0.15, -0.1) is 0 Å². The van der Waals surface area contributed by atoms with E-state index in [1.54, 1.807) is 37.5 Å². The fourth-order valence-electron chi connectivity index (χ4n) is 2.86. The number of hydrogen-bond acceptors (Lipinski definition) is 8. The van der Waals surface area contributed by atoms with Crippen LogP contribution in [0.1, 0.15) is 11.1 Å². The van der Waals surface area contributed by atoms with Gasteiger partial charge in [0, 0.05) is 10.0 Å². The minimum absolute atomic E-state index is 0.127. The molecule has 0 aromatic heterocycles. The molecular weight excluding hydrogens is 458 g/mol. The van der Waals surface area contributed by atoms with Gasteiger partial charge in [-0.3, -0.25) is 0 Å². The van der Waals surface area contributed by atoms with Gasteiger partial charge in [-0.05, 0) is 35.9 Å². The van der Waals surface area contributed by atoms with Crippen LogP contribution in [0.15, 0.2) is 39.4 Å². The molecule has 0 atom stereocenters. The first-order valence-electron chi connectivity index (χ1n) is 8.70. The topological polar surface area (TPSA) is 84.8 Å². The van der Waals surface area contributed by atoms with E-state index < -0.39 is 5.97 Å². The van der Waals surface area contributed by atoms with Crippen LogP contribution in [0.2, 0.25) is 0 Å². The van der Waals surface area contributed by atoms with E-state index in [-0.39, 0.29) is 11.6 Å². The normalized spacial score (nSPS) is 14.3. The fourth-order valence-corrected chi connectivity index (χ4v) is 3.30. The second kappa shape index (κ2) is 9.08. The Morgan fingerprint density at radius 2 is 1.40 bits per heavy atom. The molecule has 1 heterocycles. The zero-order chi connectivity index (χ0) is 21.8. The maximum absolute atomic E-state index is 12.4. The Hall–Kier alpha value is -3.20. The molecule has 158 valence electrons. The molecule has 1 aliphatic heterocycles. The summed E-state index contributed by atoms with van der Waals surface area (Å²) >= 11 is 3.46. The number of cyclic esters (lactones) is 1. The Labute approximate surface area is 182 Å². The van der Waals surface area contributed by atoms with Crippen molar-refractivity contribution in [2.45, 2.75) is 0 Å². The van der Waals surface area contributed by atoms with Crippen molar-refractivity contribution in [3.05, 3.63) is 45.6 Å². The lowest BCUT2D eigenvalue weighted by Crippen LogP contribution is -2.07. The number of rotatable bonds is 7. The Bertz CT molecular complexity index is 1020. The Morgan fingerprint density at radius 3 is 1.93 bits per heavy atom. The second-order valence-electron chi connectivity index (χ2n) is 5.98. The summed E-state index contributed by atoms with van der Waals surface area (Å²) in [7, 11) is 7.60.